The second kappa shape index (κ2) is 14.2. The summed E-state index contributed by atoms with van der Waals surface area (Å²) in [6.07, 6.45) is -10.3. The van der Waals surface area contributed by atoms with E-state index in [-0.39, 0.29) is 6.54 Å². The molecule has 5 atom stereocenters. The SMILES string of the molecule is NS(=O)(=O)NCCCCOc1ccc(Cc2cc([C@@H]3O[C@H](COCC(F)(F)F)[C@@H](O)[C@H](O)[C@H]3O)ccc2Cl)cc1. The number of benzene rings is 2. The first-order valence-electron chi connectivity index (χ1n) is 12.3. The summed E-state index contributed by atoms with van der Waals surface area (Å²) in [4.78, 5) is 0. The van der Waals surface area contributed by atoms with Crippen molar-refractivity contribution in [2.45, 2.75) is 56.0 Å². The van der Waals surface area contributed by atoms with Crippen LogP contribution in [0.3, 0.4) is 0 Å². The smallest absolute Gasteiger partial charge is 0.411 e. The van der Waals surface area contributed by atoms with Crippen molar-refractivity contribution < 1.29 is 51.1 Å². The van der Waals surface area contributed by atoms with E-state index in [1.54, 1.807) is 30.3 Å². The highest BCUT2D eigenvalue weighted by Gasteiger charge is 2.44. The Bertz CT molecular complexity index is 1200. The van der Waals surface area contributed by atoms with Gasteiger partial charge in [0.05, 0.1) is 13.2 Å². The van der Waals surface area contributed by atoms with E-state index in [9.17, 15) is 36.9 Å². The van der Waals surface area contributed by atoms with Crippen LogP contribution in [-0.4, -0.2) is 80.7 Å². The summed E-state index contributed by atoms with van der Waals surface area (Å²) in [5.41, 5.74) is 1.95. The van der Waals surface area contributed by atoms with Gasteiger partial charge >= 0.3 is 6.18 Å². The lowest BCUT2D eigenvalue weighted by Crippen LogP contribution is -2.55. The average Bonchev–Trinajstić information content (AvgIpc) is 2.87. The number of aliphatic hydroxyl groups excluding tert-OH is 3. The van der Waals surface area contributed by atoms with Crippen molar-refractivity contribution in [2.24, 2.45) is 5.14 Å². The van der Waals surface area contributed by atoms with Crippen LogP contribution in [0, 0.1) is 0 Å². The van der Waals surface area contributed by atoms with E-state index in [0.29, 0.717) is 47.8 Å². The normalized spacial score (nSPS) is 23.8. The molecule has 0 aliphatic carbocycles. The van der Waals surface area contributed by atoms with Crippen molar-refractivity contribution in [1.82, 2.24) is 4.72 Å². The molecule has 1 fully saturated rings. The number of aliphatic hydroxyl groups is 3. The largest absolute Gasteiger partial charge is 0.494 e. The third kappa shape index (κ3) is 10.1. The molecule has 3 rings (SSSR count). The molecule has 6 N–H and O–H groups in total. The minimum Gasteiger partial charge on any atom is -0.494 e. The predicted octanol–water partition coefficient (Wildman–Crippen LogP) is 1.98. The van der Waals surface area contributed by atoms with Crippen molar-refractivity contribution >= 4 is 21.8 Å². The monoisotopic (exact) mass is 612 g/mol. The number of ether oxygens (including phenoxy) is 3. The van der Waals surface area contributed by atoms with Gasteiger partial charge in [-0.15, -0.1) is 0 Å². The summed E-state index contributed by atoms with van der Waals surface area (Å²) in [5, 5.41) is 36.3. The molecular formula is C25H32ClF3N2O8S. The molecule has 1 aliphatic heterocycles. The van der Waals surface area contributed by atoms with Gasteiger partial charge in [0.2, 0.25) is 0 Å². The van der Waals surface area contributed by atoms with Gasteiger partial charge in [0.1, 0.15) is 42.9 Å². The third-order valence-electron chi connectivity index (χ3n) is 6.12. The maximum atomic E-state index is 12.4. The highest BCUT2D eigenvalue weighted by molar-refractivity contribution is 7.87. The van der Waals surface area contributed by atoms with Crippen LogP contribution in [0.5, 0.6) is 5.75 Å². The Morgan fingerprint density at radius 2 is 1.73 bits per heavy atom. The highest BCUT2D eigenvalue weighted by Crippen LogP contribution is 2.35. The summed E-state index contributed by atoms with van der Waals surface area (Å²) in [6, 6.07) is 12.0. The van der Waals surface area contributed by atoms with E-state index in [2.05, 4.69) is 9.46 Å². The van der Waals surface area contributed by atoms with Gasteiger partial charge in [0, 0.05) is 11.6 Å². The van der Waals surface area contributed by atoms with E-state index < -0.39 is 60.1 Å². The van der Waals surface area contributed by atoms with Crippen molar-refractivity contribution in [3.8, 4) is 5.75 Å². The van der Waals surface area contributed by atoms with Crippen LogP contribution < -0.4 is 14.6 Å². The van der Waals surface area contributed by atoms with Crippen molar-refractivity contribution in [3.05, 3.63) is 64.2 Å². The third-order valence-corrected chi connectivity index (χ3v) is 7.09. The van der Waals surface area contributed by atoms with Gasteiger partial charge in [-0.2, -0.15) is 21.6 Å². The van der Waals surface area contributed by atoms with Gasteiger partial charge in [-0.05, 0) is 54.2 Å². The molecule has 1 aliphatic rings. The Balaban J connectivity index is 1.60. The van der Waals surface area contributed by atoms with Crippen LogP contribution in [-0.2, 0) is 26.1 Å². The van der Waals surface area contributed by atoms with Crippen LogP contribution in [0.4, 0.5) is 13.2 Å². The molecule has 224 valence electrons. The van der Waals surface area contributed by atoms with Gasteiger partial charge in [-0.1, -0.05) is 35.9 Å². The first-order chi connectivity index (χ1) is 18.7. The number of halogens is 4. The van der Waals surface area contributed by atoms with Crippen LogP contribution >= 0.6 is 11.6 Å². The van der Waals surface area contributed by atoms with E-state index in [4.69, 9.17) is 26.2 Å². The number of alkyl halides is 3. The van der Waals surface area contributed by atoms with Gasteiger partial charge < -0.3 is 29.5 Å². The molecule has 0 unspecified atom stereocenters. The van der Waals surface area contributed by atoms with Crippen molar-refractivity contribution in [3.63, 3.8) is 0 Å². The number of nitrogens with two attached hydrogens (primary N) is 1. The minimum absolute atomic E-state index is 0.218. The van der Waals surface area contributed by atoms with E-state index >= 15 is 0 Å². The Kier molecular flexibility index (Phi) is 11.6. The van der Waals surface area contributed by atoms with Crippen LogP contribution in [0.25, 0.3) is 0 Å². The summed E-state index contributed by atoms with van der Waals surface area (Å²) >= 11 is 6.39. The van der Waals surface area contributed by atoms with Crippen LogP contribution in [0.1, 0.15) is 35.6 Å². The number of rotatable bonds is 13. The lowest BCUT2D eigenvalue weighted by atomic mass is 9.90. The molecule has 0 bridgehead atoms. The molecule has 10 nitrogen and oxygen atoms in total. The maximum Gasteiger partial charge on any atom is 0.411 e. The Morgan fingerprint density at radius 3 is 2.38 bits per heavy atom. The van der Waals surface area contributed by atoms with Crippen LogP contribution in [0.2, 0.25) is 5.02 Å². The molecule has 15 heteroatoms. The second-order valence-corrected chi connectivity index (χ2v) is 11.1. The van der Waals surface area contributed by atoms with E-state index in [0.717, 1.165) is 5.56 Å². The van der Waals surface area contributed by atoms with Crippen molar-refractivity contribution in [2.75, 3.05) is 26.4 Å². The molecule has 0 saturated carbocycles. The molecule has 0 amide bonds. The zero-order valence-electron chi connectivity index (χ0n) is 21.3. The molecule has 40 heavy (non-hydrogen) atoms. The zero-order chi connectivity index (χ0) is 29.5. The van der Waals surface area contributed by atoms with Gasteiger partial charge in [-0.3, -0.25) is 0 Å². The molecule has 2 aromatic carbocycles. The molecule has 1 saturated heterocycles. The fraction of sp³-hybridized carbons (Fsp3) is 0.520. The fourth-order valence-corrected chi connectivity index (χ4v) is 4.73. The molecule has 2 aromatic rings. The van der Waals surface area contributed by atoms with Gasteiger partial charge in [0.15, 0.2) is 0 Å². The van der Waals surface area contributed by atoms with Gasteiger partial charge in [-0.25, -0.2) is 9.86 Å². The lowest BCUT2D eigenvalue weighted by Gasteiger charge is -2.41. The Morgan fingerprint density at radius 1 is 1.02 bits per heavy atom. The molecule has 0 spiro atoms. The standard InChI is InChI=1S/C25H32ClF3N2O8S/c26-19-8-5-16(24-23(34)22(33)21(32)20(39-24)13-37-14-25(27,28)29)12-17(19)11-15-3-6-18(7-4-15)38-10-2-1-9-31-40(30,35)36/h3-8,12,20-24,31-34H,1-2,9-11,13-14H2,(H2,30,35,36)/t20-,21-,22+,23-,24+/m1/s1. The second-order valence-electron chi connectivity index (χ2n) is 9.36. The predicted molar refractivity (Wildman–Crippen MR) is 139 cm³/mol. The summed E-state index contributed by atoms with van der Waals surface area (Å²) in [6.45, 7) is -1.58. The molecule has 0 radical (unpaired) electrons. The minimum atomic E-state index is -4.57. The fourth-order valence-electron chi connectivity index (χ4n) is 4.12. The number of hydrogen-bond acceptors (Lipinski definition) is 8. The first-order valence-corrected chi connectivity index (χ1v) is 14.3. The Hall–Kier alpha value is -2.01. The molecular weight excluding hydrogens is 581 g/mol. The molecule has 1 heterocycles. The number of hydrogen-bond donors (Lipinski definition) is 5. The summed E-state index contributed by atoms with van der Waals surface area (Å²) < 4.78 is 77.1. The van der Waals surface area contributed by atoms with Crippen LogP contribution in [0.15, 0.2) is 42.5 Å². The van der Waals surface area contributed by atoms with Crippen molar-refractivity contribution in [1.29, 1.82) is 0 Å². The first kappa shape index (κ1) is 32.5. The maximum absolute atomic E-state index is 12.4. The number of nitrogens with one attached hydrogen (secondary N) is 1. The topological polar surface area (TPSA) is 161 Å². The Labute approximate surface area is 235 Å². The average molecular weight is 613 g/mol. The summed E-state index contributed by atoms with van der Waals surface area (Å²) in [5.74, 6) is 0.619. The quantitative estimate of drug-likeness (QED) is 0.215. The van der Waals surface area contributed by atoms with E-state index in [1.165, 1.54) is 0 Å². The highest BCUT2D eigenvalue weighted by atomic mass is 35.5. The number of unbranched alkanes of at least 4 members (excludes halogenated alkanes) is 1. The van der Waals surface area contributed by atoms with E-state index in [1.807, 2.05) is 12.1 Å². The zero-order valence-corrected chi connectivity index (χ0v) is 22.8. The van der Waals surface area contributed by atoms with Gasteiger partial charge in [0.25, 0.3) is 10.2 Å². The lowest BCUT2D eigenvalue weighted by molar-refractivity contribution is -0.244. The molecule has 0 aromatic heterocycles. The summed E-state index contributed by atoms with van der Waals surface area (Å²) in [7, 11) is -3.70.